The first-order valence-electron chi connectivity index (χ1n) is 9.22. The molecule has 0 radical (unpaired) electrons. The first-order valence-corrected chi connectivity index (χ1v) is 9.22. The summed E-state index contributed by atoms with van der Waals surface area (Å²) in [5.41, 5.74) is 2.81. The summed E-state index contributed by atoms with van der Waals surface area (Å²) >= 11 is 0. The predicted octanol–water partition coefficient (Wildman–Crippen LogP) is 2.08. The summed E-state index contributed by atoms with van der Waals surface area (Å²) in [7, 11) is 0. The van der Waals surface area contributed by atoms with Crippen LogP contribution in [0.3, 0.4) is 0 Å². The Balaban J connectivity index is 3.31. The van der Waals surface area contributed by atoms with Crippen LogP contribution in [0, 0.1) is 0 Å². The number of amides is 3. The van der Waals surface area contributed by atoms with Crippen LogP contribution in [-0.4, -0.2) is 44.2 Å². The molecule has 0 heterocycles. The van der Waals surface area contributed by atoms with E-state index in [0.717, 1.165) is 45.1 Å². The van der Waals surface area contributed by atoms with Crippen molar-refractivity contribution >= 4 is 11.9 Å². The second-order valence-corrected chi connectivity index (χ2v) is 6.17. The molecule has 4 N–H and O–H groups in total. The van der Waals surface area contributed by atoms with Crippen LogP contribution in [0.1, 0.15) is 65.7 Å². The van der Waals surface area contributed by atoms with Crippen molar-refractivity contribution in [1.29, 1.82) is 0 Å². The lowest BCUT2D eigenvalue weighted by Crippen LogP contribution is -2.38. The Kier molecular flexibility index (Phi) is 15.6. The lowest BCUT2D eigenvalue weighted by atomic mass is 10.2. The second-order valence-electron chi connectivity index (χ2n) is 6.17. The number of urea groups is 1. The number of carbonyl (C=O) groups excluding carboxylic acids is 2. The molecule has 0 aromatic rings. The molecule has 0 aromatic carbocycles. The number of hydrogen-bond acceptors (Lipinski definition) is 4. The van der Waals surface area contributed by atoms with Gasteiger partial charge in [0.2, 0.25) is 5.91 Å². The summed E-state index contributed by atoms with van der Waals surface area (Å²) in [4.78, 5) is 28.2. The minimum Gasteiger partial charge on any atom is -0.356 e. The van der Waals surface area contributed by atoms with Crippen molar-refractivity contribution in [3.05, 3.63) is 0 Å². The molecule has 0 bridgehead atoms. The van der Waals surface area contributed by atoms with Gasteiger partial charge in [0.1, 0.15) is 0 Å². The van der Waals surface area contributed by atoms with E-state index in [-0.39, 0.29) is 18.0 Å². The quantitative estimate of drug-likeness (QED) is 0.270. The van der Waals surface area contributed by atoms with Crippen LogP contribution in [0.25, 0.3) is 0 Å². The minimum atomic E-state index is -0.184. The summed E-state index contributed by atoms with van der Waals surface area (Å²) in [6.45, 7) is 8.41. The smallest absolute Gasteiger partial charge is 0.314 e. The molecule has 0 aliphatic carbocycles. The van der Waals surface area contributed by atoms with E-state index in [9.17, 15) is 9.59 Å². The zero-order valence-electron chi connectivity index (χ0n) is 15.6. The molecule has 0 aliphatic heterocycles. The van der Waals surface area contributed by atoms with Gasteiger partial charge in [-0.2, -0.15) is 5.48 Å². The molecule has 7 heteroatoms. The fourth-order valence-corrected chi connectivity index (χ4v) is 1.98. The molecule has 0 rings (SSSR count). The Labute approximate surface area is 146 Å². The van der Waals surface area contributed by atoms with E-state index in [1.807, 2.05) is 13.8 Å². The lowest BCUT2D eigenvalue weighted by molar-refractivity contribution is -0.121. The summed E-state index contributed by atoms with van der Waals surface area (Å²) < 4.78 is 0. The number of nitrogens with one attached hydrogen (secondary N) is 4. The highest BCUT2D eigenvalue weighted by atomic mass is 16.6. The first-order chi connectivity index (χ1) is 11.6. The Morgan fingerprint density at radius 2 is 1.54 bits per heavy atom. The molecule has 0 spiro atoms. The largest absolute Gasteiger partial charge is 0.356 e. The molecule has 0 unspecified atom stereocenters. The van der Waals surface area contributed by atoms with Crippen LogP contribution in [-0.2, 0) is 9.63 Å². The zero-order valence-corrected chi connectivity index (χ0v) is 15.6. The van der Waals surface area contributed by atoms with Crippen molar-refractivity contribution in [1.82, 2.24) is 21.4 Å². The molecule has 142 valence electrons. The standard InChI is InChI=1S/C17H36N4O3/c1-4-5-8-11-18-16(22)10-7-6-9-12-19-17(23)20-13-14-24-21-15(2)3/h15,21H,4-14H2,1-3H3,(H,18,22)(H2,19,20,23). The molecular formula is C17H36N4O3. The van der Waals surface area contributed by atoms with Gasteiger partial charge >= 0.3 is 6.03 Å². The molecule has 0 saturated heterocycles. The van der Waals surface area contributed by atoms with Crippen molar-refractivity contribution in [3.8, 4) is 0 Å². The average Bonchev–Trinajstić information content (AvgIpc) is 2.54. The fraction of sp³-hybridized carbons (Fsp3) is 0.882. The Morgan fingerprint density at radius 1 is 0.875 bits per heavy atom. The first kappa shape index (κ1) is 22.7. The van der Waals surface area contributed by atoms with Crippen molar-refractivity contribution < 1.29 is 14.4 Å². The van der Waals surface area contributed by atoms with Crippen molar-refractivity contribution in [3.63, 3.8) is 0 Å². The third-order valence-corrected chi connectivity index (χ3v) is 3.28. The molecule has 0 atom stereocenters. The zero-order chi connectivity index (χ0) is 18.0. The highest BCUT2D eigenvalue weighted by molar-refractivity contribution is 5.75. The number of rotatable bonds is 15. The Bertz CT molecular complexity index is 325. The monoisotopic (exact) mass is 344 g/mol. The van der Waals surface area contributed by atoms with Gasteiger partial charge in [-0.1, -0.05) is 26.2 Å². The maximum absolute atomic E-state index is 11.6. The van der Waals surface area contributed by atoms with E-state index >= 15 is 0 Å². The average molecular weight is 345 g/mol. The normalized spacial score (nSPS) is 10.7. The summed E-state index contributed by atoms with van der Waals surface area (Å²) in [6, 6.07) is 0.0778. The van der Waals surface area contributed by atoms with Gasteiger partial charge < -0.3 is 16.0 Å². The number of hydrogen-bond donors (Lipinski definition) is 4. The SMILES string of the molecule is CCCCCNC(=O)CCCCCNC(=O)NCCONC(C)C. The van der Waals surface area contributed by atoms with Crippen LogP contribution in [0.2, 0.25) is 0 Å². The third-order valence-electron chi connectivity index (χ3n) is 3.28. The lowest BCUT2D eigenvalue weighted by Gasteiger charge is -2.10. The van der Waals surface area contributed by atoms with E-state index in [4.69, 9.17) is 4.84 Å². The van der Waals surface area contributed by atoms with Crippen LogP contribution in [0.5, 0.6) is 0 Å². The van der Waals surface area contributed by atoms with E-state index in [2.05, 4.69) is 28.4 Å². The van der Waals surface area contributed by atoms with Crippen LogP contribution < -0.4 is 21.4 Å². The van der Waals surface area contributed by atoms with Gasteiger partial charge in [0.05, 0.1) is 6.61 Å². The summed E-state index contributed by atoms with van der Waals surface area (Å²) in [6.07, 6.45) is 6.62. The Morgan fingerprint density at radius 3 is 2.25 bits per heavy atom. The molecule has 7 nitrogen and oxygen atoms in total. The predicted molar refractivity (Wildman–Crippen MR) is 96.6 cm³/mol. The molecule has 3 amide bonds. The van der Waals surface area contributed by atoms with Gasteiger partial charge in [-0.25, -0.2) is 4.79 Å². The highest BCUT2D eigenvalue weighted by Crippen LogP contribution is 1.99. The minimum absolute atomic E-state index is 0.131. The maximum atomic E-state index is 11.6. The topological polar surface area (TPSA) is 91.5 Å². The van der Waals surface area contributed by atoms with Crippen LogP contribution in [0.15, 0.2) is 0 Å². The number of hydroxylamine groups is 1. The second kappa shape index (κ2) is 16.5. The van der Waals surface area contributed by atoms with Gasteiger partial charge in [0.15, 0.2) is 0 Å². The molecule has 0 aromatic heterocycles. The molecule has 24 heavy (non-hydrogen) atoms. The molecule has 0 aliphatic rings. The van der Waals surface area contributed by atoms with Crippen LogP contribution >= 0.6 is 0 Å². The van der Waals surface area contributed by atoms with Gasteiger partial charge in [-0.3, -0.25) is 9.63 Å². The van der Waals surface area contributed by atoms with Gasteiger partial charge in [0, 0.05) is 32.1 Å². The third kappa shape index (κ3) is 17.0. The number of carbonyl (C=O) groups is 2. The highest BCUT2D eigenvalue weighted by Gasteiger charge is 2.01. The molecular weight excluding hydrogens is 308 g/mol. The van der Waals surface area contributed by atoms with E-state index < -0.39 is 0 Å². The van der Waals surface area contributed by atoms with Crippen molar-refractivity contribution in [2.24, 2.45) is 0 Å². The van der Waals surface area contributed by atoms with Crippen molar-refractivity contribution in [2.75, 3.05) is 26.2 Å². The Hall–Kier alpha value is -1.34. The molecule has 0 saturated carbocycles. The summed E-state index contributed by atoms with van der Waals surface area (Å²) in [5.74, 6) is 0.131. The van der Waals surface area contributed by atoms with E-state index in [0.29, 0.717) is 26.1 Å². The maximum Gasteiger partial charge on any atom is 0.314 e. The number of unbranched alkanes of at least 4 members (excludes halogenated alkanes) is 4. The van der Waals surface area contributed by atoms with Crippen LogP contribution in [0.4, 0.5) is 4.79 Å². The van der Waals surface area contributed by atoms with E-state index in [1.165, 1.54) is 0 Å². The summed E-state index contributed by atoms with van der Waals surface area (Å²) in [5, 5.41) is 8.44. The molecule has 0 fully saturated rings. The van der Waals surface area contributed by atoms with Gasteiger partial charge in [-0.05, 0) is 33.1 Å². The fourth-order valence-electron chi connectivity index (χ4n) is 1.98. The van der Waals surface area contributed by atoms with E-state index in [1.54, 1.807) is 0 Å². The van der Waals surface area contributed by atoms with Crippen molar-refractivity contribution in [2.45, 2.75) is 71.8 Å². The van der Waals surface area contributed by atoms with Gasteiger partial charge in [-0.15, -0.1) is 0 Å². The van der Waals surface area contributed by atoms with Gasteiger partial charge in [0.25, 0.3) is 0 Å².